The molecule has 1 aromatic rings. The van der Waals surface area contributed by atoms with Crippen molar-refractivity contribution in [3.63, 3.8) is 0 Å². The number of carbonyl (C=O) groups excluding carboxylic acids is 1. The quantitative estimate of drug-likeness (QED) is 0.767. The third-order valence-electron chi connectivity index (χ3n) is 2.76. The summed E-state index contributed by atoms with van der Waals surface area (Å²) in [5.74, 6) is 0.0576. The topological polar surface area (TPSA) is 55.1 Å². The van der Waals surface area contributed by atoms with Crippen LogP contribution in [0.25, 0.3) is 0 Å². The molecule has 1 heterocycles. The van der Waals surface area contributed by atoms with Crippen LogP contribution in [0.5, 0.6) is 0 Å². The lowest BCUT2D eigenvalue weighted by Gasteiger charge is -2.21. The van der Waals surface area contributed by atoms with Gasteiger partial charge in [0, 0.05) is 18.7 Å². The van der Waals surface area contributed by atoms with Gasteiger partial charge in [0.1, 0.15) is 0 Å². The van der Waals surface area contributed by atoms with E-state index in [0.29, 0.717) is 18.0 Å². The number of hydrogen-bond donors (Lipinski definition) is 2. The lowest BCUT2D eigenvalue weighted by Crippen LogP contribution is -2.20. The summed E-state index contributed by atoms with van der Waals surface area (Å²) in [5, 5.41) is 3.52. The first-order valence-corrected chi connectivity index (χ1v) is 5.32. The second-order valence-corrected chi connectivity index (χ2v) is 4.14. The molecule has 0 unspecified atom stereocenters. The summed E-state index contributed by atoms with van der Waals surface area (Å²) in [5.41, 5.74) is 9.48. The highest BCUT2D eigenvalue weighted by Gasteiger charge is 2.19. The summed E-state index contributed by atoms with van der Waals surface area (Å²) >= 11 is 6.15. The molecule has 0 bridgehead atoms. The number of nitrogens with two attached hydrogens (primary N) is 1. The predicted octanol–water partition coefficient (Wildman–Crippen LogP) is 1.99. The predicted molar refractivity (Wildman–Crippen MR) is 61.0 cm³/mol. The fraction of sp³-hybridized carbons (Fsp3) is 0.364. The van der Waals surface area contributed by atoms with Gasteiger partial charge in [0.05, 0.1) is 5.02 Å². The van der Waals surface area contributed by atoms with Crippen molar-refractivity contribution in [1.29, 1.82) is 0 Å². The smallest absolute Gasteiger partial charge is 0.224 e. The molecule has 0 aromatic heterocycles. The van der Waals surface area contributed by atoms with Crippen LogP contribution in [0.1, 0.15) is 23.1 Å². The largest absolute Gasteiger partial charge is 0.326 e. The Morgan fingerprint density at radius 1 is 1.53 bits per heavy atom. The molecular weight excluding hydrogens is 212 g/mol. The number of fused-ring (bicyclic) bond motifs is 1. The van der Waals surface area contributed by atoms with Gasteiger partial charge >= 0.3 is 0 Å². The van der Waals surface area contributed by atoms with E-state index in [1.165, 1.54) is 0 Å². The molecule has 1 aromatic carbocycles. The van der Waals surface area contributed by atoms with Crippen LogP contribution in [0.15, 0.2) is 6.07 Å². The molecule has 1 aliphatic heterocycles. The highest BCUT2D eigenvalue weighted by molar-refractivity contribution is 6.32. The van der Waals surface area contributed by atoms with Crippen molar-refractivity contribution < 1.29 is 4.79 Å². The van der Waals surface area contributed by atoms with Gasteiger partial charge in [-0.05, 0) is 30.0 Å². The van der Waals surface area contributed by atoms with Crippen LogP contribution in [0, 0.1) is 6.92 Å². The van der Waals surface area contributed by atoms with Crippen LogP contribution in [0.4, 0.5) is 5.69 Å². The van der Waals surface area contributed by atoms with Gasteiger partial charge in [-0.1, -0.05) is 17.7 Å². The van der Waals surface area contributed by atoms with Crippen molar-refractivity contribution in [1.82, 2.24) is 0 Å². The van der Waals surface area contributed by atoms with E-state index in [0.717, 1.165) is 28.8 Å². The van der Waals surface area contributed by atoms with Crippen molar-refractivity contribution in [2.45, 2.75) is 26.3 Å². The summed E-state index contributed by atoms with van der Waals surface area (Å²) in [4.78, 5) is 11.3. The van der Waals surface area contributed by atoms with Crippen LogP contribution in [-0.4, -0.2) is 5.91 Å². The van der Waals surface area contributed by atoms with Crippen molar-refractivity contribution in [2.24, 2.45) is 5.73 Å². The Kier molecular flexibility index (Phi) is 2.67. The molecule has 0 spiro atoms. The third kappa shape index (κ3) is 1.73. The maximum atomic E-state index is 11.3. The van der Waals surface area contributed by atoms with Crippen LogP contribution < -0.4 is 11.1 Å². The zero-order chi connectivity index (χ0) is 11.0. The average molecular weight is 225 g/mol. The normalized spacial score (nSPS) is 14.7. The molecule has 0 atom stereocenters. The van der Waals surface area contributed by atoms with E-state index < -0.39 is 0 Å². The molecule has 0 fully saturated rings. The first-order valence-electron chi connectivity index (χ1n) is 4.94. The minimum absolute atomic E-state index is 0.0576. The summed E-state index contributed by atoms with van der Waals surface area (Å²) in [7, 11) is 0. The van der Waals surface area contributed by atoms with Crippen molar-refractivity contribution in [3.8, 4) is 0 Å². The number of carbonyl (C=O) groups is 1. The Labute approximate surface area is 93.6 Å². The molecule has 80 valence electrons. The molecule has 4 heteroatoms. The maximum Gasteiger partial charge on any atom is 0.224 e. The van der Waals surface area contributed by atoms with Crippen molar-refractivity contribution >= 4 is 23.2 Å². The second kappa shape index (κ2) is 3.83. The van der Waals surface area contributed by atoms with Crippen LogP contribution in [0.3, 0.4) is 0 Å². The van der Waals surface area contributed by atoms with Gasteiger partial charge in [-0.3, -0.25) is 4.79 Å². The lowest BCUT2D eigenvalue weighted by molar-refractivity contribution is -0.116. The zero-order valence-corrected chi connectivity index (χ0v) is 9.32. The summed E-state index contributed by atoms with van der Waals surface area (Å²) in [6.45, 7) is 2.34. The van der Waals surface area contributed by atoms with Gasteiger partial charge in [0.2, 0.25) is 5.91 Å². The fourth-order valence-electron chi connectivity index (χ4n) is 1.91. The molecule has 0 radical (unpaired) electrons. The second-order valence-electron chi connectivity index (χ2n) is 3.76. The summed E-state index contributed by atoms with van der Waals surface area (Å²) in [6, 6.07) is 1.99. The highest BCUT2D eigenvalue weighted by Crippen LogP contribution is 2.33. The van der Waals surface area contributed by atoms with Gasteiger partial charge in [-0.25, -0.2) is 0 Å². The van der Waals surface area contributed by atoms with Gasteiger partial charge in [-0.15, -0.1) is 0 Å². The number of nitrogens with one attached hydrogen (secondary N) is 1. The first kappa shape index (κ1) is 10.5. The molecule has 3 nitrogen and oxygen atoms in total. The van der Waals surface area contributed by atoms with E-state index in [2.05, 4.69) is 5.32 Å². The van der Waals surface area contributed by atoms with Crippen molar-refractivity contribution in [3.05, 3.63) is 27.8 Å². The monoisotopic (exact) mass is 224 g/mol. The van der Waals surface area contributed by atoms with Gasteiger partial charge in [-0.2, -0.15) is 0 Å². The third-order valence-corrected chi connectivity index (χ3v) is 3.29. The minimum atomic E-state index is 0.0576. The molecule has 0 saturated heterocycles. The Bertz CT molecular complexity index is 429. The number of halogens is 1. The molecule has 1 amide bonds. The fourth-order valence-corrected chi connectivity index (χ4v) is 2.13. The van der Waals surface area contributed by atoms with E-state index in [1.54, 1.807) is 0 Å². The molecule has 15 heavy (non-hydrogen) atoms. The van der Waals surface area contributed by atoms with Crippen molar-refractivity contribution in [2.75, 3.05) is 5.32 Å². The van der Waals surface area contributed by atoms with Gasteiger partial charge < -0.3 is 11.1 Å². The number of benzene rings is 1. The molecular formula is C11H13ClN2O. The maximum absolute atomic E-state index is 11.3. The average Bonchev–Trinajstić information content (AvgIpc) is 2.24. The molecule has 0 aliphatic carbocycles. The van der Waals surface area contributed by atoms with Crippen LogP contribution >= 0.6 is 11.6 Å². The van der Waals surface area contributed by atoms with Crippen LogP contribution in [0.2, 0.25) is 5.02 Å². The summed E-state index contributed by atoms with van der Waals surface area (Å²) in [6.07, 6.45) is 1.31. The van der Waals surface area contributed by atoms with E-state index in [1.807, 2.05) is 13.0 Å². The number of amides is 1. The SMILES string of the molecule is Cc1c(Cl)c(CN)cc2c1NC(=O)CC2. The van der Waals surface area contributed by atoms with E-state index in [9.17, 15) is 4.79 Å². The molecule has 1 aliphatic rings. The van der Waals surface area contributed by atoms with E-state index >= 15 is 0 Å². The molecule has 3 N–H and O–H groups in total. The number of anilines is 1. The highest BCUT2D eigenvalue weighted by atomic mass is 35.5. The molecule has 0 saturated carbocycles. The van der Waals surface area contributed by atoms with Crippen LogP contribution in [-0.2, 0) is 17.8 Å². The zero-order valence-electron chi connectivity index (χ0n) is 8.56. The Balaban J connectivity index is 2.57. The Hall–Kier alpha value is -1.06. The van der Waals surface area contributed by atoms with Gasteiger partial charge in [0.25, 0.3) is 0 Å². The summed E-state index contributed by atoms with van der Waals surface area (Å²) < 4.78 is 0. The number of aryl methyl sites for hydroxylation is 1. The Morgan fingerprint density at radius 3 is 2.93 bits per heavy atom. The standard InChI is InChI=1S/C11H13ClN2O/c1-6-10(12)8(5-13)4-7-2-3-9(15)14-11(6)7/h4H,2-3,5,13H2,1H3,(H,14,15). The first-order chi connectivity index (χ1) is 7.13. The lowest BCUT2D eigenvalue weighted by atomic mass is 9.96. The minimum Gasteiger partial charge on any atom is -0.326 e. The number of hydrogen-bond acceptors (Lipinski definition) is 2. The number of rotatable bonds is 1. The van der Waals surface area contributed by atoms with E-state index in [-0.39, 0.29) is 5.91 Å². The Morgan fingerprint density at radius 2 is 2.27 bits per heavy atom. The van der Waals surface area contributed by atoms with E-state index in [4.69, 9.17) is 17.3 Å². The van der Waals surface area contributed by atoms with Gasteiger partial charge in [0.15, 0.2) is 0 Å². The molecule has 2 rings (SSSR count).